The summed E-state index contributed by atoms with van der Waals surface area (Å²) in [7, 11) is 1.21. The van der Waals surface area contributed by atoms with Crippen LogP contribution in [0.5, 0.6) is 0 Å². The summed E-state index contributed by atoms with van der Waals surface area (Å²) in [5, 5.41) is 18.3. The van der Waals surface area contributed by atoms with Gasteiger partial charge in [-0.1, -0.05) is 0 Å². The maximum absolute atomic E-state index is 11.4. The van der Waals surface area contributed by atoms with E-state index in [1.807, 2.05) is 0 Å². The lowest BCUT2D eigenvalue weighted by Crippen LogP contribution is -2.42. The Bertz CT molecular complexity index is 329. The molecule has 0 aliphatic carbocycles. The van der Waals surface area contributed by atoms with Gasteiger partial charge in [0.2, 0.25) is 5.91 Å². The van der Waals surface area contributed by atoms with Gasteiger partial charge in [0.15, 0.2) is 0 Å². The minimum Gasteiger partial charge on any atom is -0.480 e. The third-order valence-corrected chi connectivity index (χ3v) is 2.65. The molecule has 96 valence electrons. The summed E-state index contributed by atoms with van der Waals surface area (Å²) < 4.78 is 4.41. The van der Waals surface area contributed by atoms with Crippen LogP contribution < -0.4 is 0 Å². The van der Waals surface area contributed by atoms with E-state index in [2.05, 4.69) is 4.74 Å². The van der Waals surface area contributed by atoms with Crippen molar-refractivity contribution >= 4 is 17.8 Å². The van der Waals surface area contributed by atoms with Gasteiger partial charge in [-0.2, -0.15) is 0 Å². The number of β-amino-alcohol motifs (C(OH)–C–C–N with tert-alkyl or cyclic N) is 1. The van der Waals surface area contributed by atoms with Crippen LogP contribution in [0.15, 0.2) is 0 Å². The molecular weight excluding hydrogens is 230 g/mol. The van der Waals surface area contributed by atoms with E-state index >= 15 is 0 Å². The van der Waals surface area contributed by atoms with Crippen molar-refractivity contribution in [2.75, 3.05) is 13.7 Å². The average molecular weight is 245 g/mol. The first-order chi connectivity index (χ1) is 7.95. The highest BCUT2D eigenvalue weighted by molar-refractivity contribution is 5.85. The maximum atomic E-state index is 11.4. The molecule has 1 saturated heterocycles. The van der Waals surface area contributed by atoms with Crippen LogP contribution in [0.2, 0.25) is 0 Å². The molecule has 1 rings (SSSR count). The van der Waals surface area contributed by atoms with Crippen LogP contribution in [0.3, 0.4) is 0 Å². The number of carboxylic acids is 1. The second kappa shape index (κ2) is 5.62. The largest absolute Gasteiger partial charge is 0.480 e. The minimum atomic E-state index is -1.18. The lowest BCUT2D eigenvalue weighted by Gasteiger charge is -2.23. The van der Waals surface area contributed by atoms with Crippen LogP contribution in [-0.2, 0) is 19.1 Å². The van der Waals surface area contributed by atoms with Crippen LogP contribution in [0.25, 0.3) is 0 Å². The van der Waals surface area contributed by atoms with Gasteiger partial charge in [-0.15, -0.1) is 0 Å². The average Bonchev–Trinajstić information content (AvgIpc) is 2.57. The smallest absolute Gasteiger partial charge is 0.326 e. The second-order valence-corrected chi connectivity index (χ2v) is 3.87. The number of esters is 1. The van der Waals surface area contributed by atoms with Crippen LogP contribution >= 0.6 is 0 Å². The molecule has 1 heterocycles. The summed E-state index contributed by atoms with van der Waals surface area (Å²) in [5.74, 6) is -2.12. The first-order valence-electron chi connectivity index (χ1n) is 5.23. The van der Waals surface area contributed by atoms with Gasteiger partial charge in [0.25, 0.3) is 0 Å². The summed E-state index contributed by atoms with van der Waals surface area (Å²) >= 11 is 0. The molecule has 0 bridgehead atoms. The molecule has 1 unspecified atom stereocenters. The number of nitrogens with zero attached hydrogens (tertiary/aromatic N) is 1. The fourth-order valence-corrected chi connectivity index (χ4v) is 1.78. The molecule has 1 aliphatic rings. The zero-order chi connectivity index (χ0) is 13.0. The number of aliphatic carboxylic acids is 1. The molecule has 1 aliphatic heterocycles. The number of aliphatic hydroxyl groups excluding tert-OH is 1. The van der Waals surface area contributed by atoms with Crippen molar-refractivity contribution in [2.45, 2.75) is 31.4 Å². The third-order valence-electron chi connectivity index (χ3n) is 2.65. The van der Waals surface area contributed by atoms with Gasteiger partial charge in [-0.05, 0) is 6.42 Å². The quantitative estimate of drug-likeness (QED) is 0.601. The number of hydrogen-bond acceptors (Lipinski definition) is 5. The molecule has 0 aromatic heterocycles. The highest BCUT2D eigenvalue weighted by atomic mass is 16.5. The van der Waals surface area contributed by atoms with Crippen LogP contribution in [0.4, 0.5) is 0 Å². The Morgan fingerprint density at radius 1 is 1.59 bits per heavy atom. The standard InChI is InChI=1S/C10H15NO6/c1-17-9(14)3-2-7(10(15)16)11-5-6(12)4-8(11)13/h6-7,12H,2-5H2,1H3,(H,15,16)/t6?,7-/m0/s1. The number of methoxy groups -OCH3 is 1. The van der Waals surface area contributed by atoms with E-state index in [1.54, 1.807) is 0 Å². The zero-order valence-electron chi connectivity index (χ0n) is 9.46. The predicted molar refractivity (Wildman–Crippen MR) is 55.0 cm³/mol. The Morgan fingerprint density at radius 3 is 2.65 bits per heavy atom. The van der Waals surface area contributed by atoms with Gasteiger partial charge in [-0.25, -0.2) is 4.79 Å². The Hall–Kier alpha value is -1.63. The van der Waals surface area contributed by atoms with Crippen molar-refractivity contribution in [1.29, 1.82) is 0 Å². The molecule has 0 saturated carbocycles. The summed E-state index contributed by atoms with van der Waals surface area (Å²) in [6.45, 7) is -0.00300. The van der Waals surface area contributed by atoms with Gasteiger partial charge in [0, 0.05) is 13.0 Å². The van der Waals surface area contributed by atoms with Gasteiger partial charge in [0.05, 0.1) is 19.6 Å². The van der Waals surface area contributed by atoms with E-state index < -0.39 is 30.0 Å². The fourth-order valence-electron chi connectivity index (χ4n) is 1.78. The molecule has 1 amide bonds. The van der Waals surface area contributed by atoms with Gasteiger partial charge >= 0.3 is 11.9 Å². The summed E-state index contributed by atoms with van der Waals surface area (Å²) in [4.78, 5) is 34.5. The van der Waals surface area contributed by atoms with Crippen LogP contribution in [0, 0.1) is 0 Å². The highest BCUT2D eigenvalue weighted by Gasteiger charge is 2.36. The van der Waals surface area contributed by atoms with Gasteiger partial charge in [0.1, 0.15) is 6.04 Å². The Balaban J connectivity index is 2.63. The second-order valence-electron chi connectivity index (χ2n) is 3.87. The molecule has 2 atom stereocenters. The number of carbonyl (C=O) groups excluding carboxylic acids is 2. The normalized spacial score (nSPS) is 21.4. The Labute approximate surface area is 98.0 Å². The molecule has 0 aromatic rings. The van der Waals surface area contributed by atoms with Crippen molar-refractivity contribution in [1.82, 2.24) is 4.90 Å². The molecule has 2 N–H and O–H groups in total. The number of aliphatic hydroxyl groups is 1. The van der Waals surface area contributed by atoms with E-state index in [0.29, 0.717) is 0 Å². The van der Waals surface area contributed by atoms with E-state index in [4.69, 9.17) is 5.11 Å². The number of rotatable bonds is 5. The molecule has 7 nitrogen and oxygen atoms in total. The van der Waals surface area contributed by atoms with Crippen molar-refractivity contribution in [3.8, 4) is 0 Å². The molecule has 0 spiro atoms. The molecule has 0 radical (unpaired) electrons. The number of amides is 1. The summed E-state index contributed by atoms with van der Waals surface area (Å²) in [6, 6.07) is -1.08. The topological polar surface area (TPSA) is 104 Å². The molecule has 0 aromatic carbocycles. The SMILES string of the molecule is COC(=O)CC[C@@H](C(=O)O)N1CC(O)CC1=O. The van der Waals surface area contributed by atoms with Crippen molar-refractivity contribution < 1.29 is 29.3 Å². The highest BCUT2D eigenvalue weighted by Crippen LogP contribution is 2.18. The summed E-state index contributed by atoms with van der Waals surface area (Å²) in [6.07, 6.45) is -0.988. The van der Waals surface area contributed by atoms with Crippen molar-refractivity contribution in [3.63, 3.8) is 0 Å². The van der Waals surface area contributed by atoms with E-state index in [0.717, 1.165) is 4.90 Å². The number of likely N-dealkylation sites (tertiary alicyclic amines) is 1. The lowest BCUT2D eigenvalue weighted by molar-refractivity contribution is -0.149. The van der Waals surface area contributed by atoms with E-state index in [9.17, 15) is 19.5 Å². The maximum Gasteiger partial charge on any atom is 0.326 e. The minimum absolute atomic E-state index is 0.00300. The zero-order valence-corrected chi connectivity index (χ0v) is 9.46. The molecule has 7 heteroatoms. The van der Waals surface area contributed by atoms with Gasteiger partial charge < -0.3 is 19.8 Å². The number of ether oxygens (including phenoxy) is 1. The van der Waals surface area contributed by atoms with Crippen molar-refractivity contribution in [3.05, 3.63) is 0 Å². The third kappa shape index (κ3) is 3.42. The predicted octanol–water partition coefficient (Wildman–Crippen LogP) is -1.01. The first kappa shape index (κ1) is 13.4. The Morgan fingerprint density at radius 2 is 2.24 bits per heavy atom. The monoisotopic (exact) mass is 245 g/mol. The molecule has 1 fully saturated rings. The number of carboxylic acid groups (broad SMARTS) is 1. The van der Waals surface area contributed by atoms with Crippen LogP contribution in [0.1, 0.15) is 19.3 Å². The van der Waals surface area contributed by atoms with E-state index in [1.165, 1.54) is 7.11 Å². The van der Waals surface area contributed by atoms with Gasteiger partial charge in [-0.3, -0.25) is 9.59 Å². The van der Waals surface area contributed by atoms with Crippen LogP contribution in [-0.4, -0.2) is 58.8 Å². The fraction of sp³-hybridized carbons (Fsp3) is 0.700. The number of hydrogen-bond donors (Lipinski definition) is 2. The number of carbonyl (C=O) groups is 3. The summed E-state index contributed by atoms with van der Waals surface area (Å²) in [5.41, 5.74) is 0. The first-order valence-corrected chi connectivity index (χ1v) is 5.23. The molecule has 17 heavy (non-hydrogen) atoms. The van der Waals surface area contributed by atoms with Crippen molar-refractivity contribution in [2.24, 2.45) is 0 Å². The molecular formula is C10H15NO6. The van der Waals surface area contributed by atoms with E-state index in [-0.39, 0.29) is 25.8 Å². The Kier molecular flexibility index (Phi) is 4.45. The lowest BCUT2D eigenvalue weighted by atomic mass is 10.1.